The largest absolute Gasteiger partial charge is 0.492 e. The first-order chi connectivity index (χ1) is 16.2. The van der Waals surface area contributed by atoms with Crippen molar-refractivity contribution >= 4 is 11.4 Å². The highest BCUT2D eigenvalue weighted by Crippen LogP contribution is 2.36. The monoisotopic (exact) mass is 474 g/mol. The van der Waals surface area contributed by atoms with Crippen LogP contribution in [0.3, 0.4) is 0 Å². The molecule has 0 radical (unpaired) electrons. The molecular formula is C22H18F4N6O2. The summed E-state index contributed by atoms with van der Waals surface area (Å²) in [4.78, 5) is 13.0. The minimum Gasteiger partial charge on any atom is -0.492 e. The molecule has 4 aromatic rings. The van der Waals surface area contributed by atoms with Gasteiger partial charge < -0.3 is 5.11 Å². The predicted octanol–water partition coefficient (Wildman–Crippen LogP) is 4.91. The molecule has 0 fully saturated rings. The van der Waals surface area contributed by atoms with Gasteiger partial charge in [0.2, 0.25) is 5.88 Å². The second-order valence-corrected chi connectivity index (χ2v) is 7.31. The molecule has 0 atom stereocenters. The third kappa shape index (κ3) is 3.56. The number of nitrogens with zero attached hydrogens (tertiary/aromatic N) is 6. The van der Waals surface area contributed by atoms with Crippen LogP contribution in [0.2, 0.25) is 0 Å². The zero-order valence-corrected chi connectivity index (χ0v) is 18.2. The maximum absolute atomic E-state index is 14.3. The molecule has 0 unspecified atom stereocenters. The van der Waals surface area contributed by atoms with Crippen molar-refractivity contribution in [3.63, 3.8) is 0 Å². The first kappa shape index (κ1) is 23.0. The number of para-hydroxylation sites is 1. The molecule has 2 heterocycles. The van der Waals surface area contributed by atoms with Gasteiger partial charge >= 0.3 is 0 Å². The minimum atomic E-state index is -1.74. The van der Waals surface area contributed by atoms with E-state index in [4.69, 9.17) is 0 Å². The first-order valence-corrected chi connectivity index (χ1v) is 10.1. The summed E-state index contributed by atoms with van der Waals surface area (Å²) >= 11 is 0. The van der Waals surface area contributed by atoms with Crippen LogP contribution < -0.4 is 5.56 Å². The van der Waals surface area contributed by atoms with Crippen LogP contribution in [0.15, 0.2) is 51.4 Å². The molecule has 0 saturated carbocycles. The molecule has 12 heteroatoms. The molecule has 2 aromatic carbocycles. The number of aromatic hydroxyl groups is 1. The number of azo groups is 1. The van der Waals surface area contributed by atoms with Crippen LogP contribution in [-0.2, 0) is 13.5 Å². The Bertz CT molecular complexity index is 1460. The van der Waals surface area contributed by atoms with Crippen LogP contribution in [0.4, 0.5) is 28.9 Å². The van der Waals surface area contributed by atoms with Crippen LogP contribution in [0.1, 0.15) is 18.3 Å². The fourth-order valence-corrected chi connectivity index (χ4v) is 3.46. The second-order valence-electron chi connectivity index (χ2n) is 7.31. The summed E-state index contributed by atoms with van der Waals surface area (Å²) < 4.78 is 59.1. The van der Waals surface area contributed by atoms with E-state index in [0.29, 0.717) is 16.1 Å². The number of rotatable bonds is 5. The third-order valence-corrected chi connectivity index (χ3v) is 5.32. The Morgan fingerprint density at radius 3 is 2.18 bits per heavy atom. The molecule has 0 saturated heterocycles. The minimum absolute atomic E-state index is 0.0293. The summed E-state index contributed by atoms with van der Waals surface area (Å²) in [6, 6.07) is 8.83. The van der Waals surface area contributed by atoms with E-state index in [1.807, 2.05) is 0 Å². The number of halogens is 4. The van der Waals surface area contributed by atoms with E-state index >= 15 is 0 Å². The zero-order chi connectivity index (χ0) is 24.7. The van der Waals surface area contributed by atoms with Crippen LogP contribution in [-0.4, -0.2) is 24.3 Å². The highest BCUT2D eigenvalue weighted by Gasteiger charge is 2.27. The number of benzene rings is 2. The molecule has 4 rings (SSSR count). The molecule has 0 aliphatic rings. The highest BCUT2D eigenvalue weighted by molar-refractivity contribution is 5.56. The smallest absolute Gasteiger partial charge is 0.299 e. The normalized spacial score (nSPS) is 11.6. The lowest BCUT2D eigenvalue weighted by molar-refractivity contribution is 0.409. The van der Waals surface area contributed by atoms with Crippen LogP contribution >= 0.6 is 0 Å². The lowest BCUT2D eigenvalue weighted by atomic mass is 10.2. The standard InChI is InChI=1S/C22H18F4N6O2/c1-4-15-19(21(33)31(29-15)20-16(25)13(23)10-14(24)17(20)26)28-27-18-11(2)30(3)32(22(18)34)12-8-6-5-7-9-12/h5-10,33H,4H2,1-3H3/b28-27+. The topological polar surface area (TPSA) is 89.7 Å². The molecule has 34 heavy (non-hydrogen) atoms. The maximum atomic E-state index is 14.3. The lowest BCUT2D eigenvalue weighted by Gasteiger charge is -2.07. The van der Waals surface area contributed by atoms with Crippen molar-refractivity contribution in [2.24, 2.45) is 17.3 Å². The SMILES string of the molecule is CCc1nn(-c2c(F)c(F)cc(F)c2F)c(O)c1/N=N/c1c(C)n(C)n(-c2ccccc2)c1=O. The fraction of sp³-hybridized carbons (Fsp3) is 0.182. The van der Waals surface area contributed by atoms with Gasteiger partial charge in [-0.25, -0.2) is 22.2 Å². The summed E-state index contributed by atoms with van der Waals surface area (Å²) in [5, 5.41) is 22.3. The van der Waals surface area contributed by atoms with E-state index in [-0.39, 0.29) is 29.6 Å². The summed E-state index contributed by atoms with van der Waals surface area (Å²) in [6.07, 6.45) is 0.123. The quantitative estimate of drug-likeness (QED) is 0.253. The molecular weight excluding hydrogens is 456 g/mol. The van der Waals surface area contributed by atoms with Crippen molar-refractivity contribution < 1.29 is 22.7 Å². The Labute approximate surface area is 190 Å². The highest BCUT2D eigenvalue weighted by atomic mass is 19.2. The van der Waals surface area contributed by atoms with Crippen LogP contribution in [0.25, 0.3) is 11.4 Å². The van der Waals surface area contributed by atoms with Crippen molar-refractivity contribution in [2.75, 3.05) is 0 Å². The van der Waals surface area contributed by atoms with Crippen molar-refractivity contribution in [3.8, 4) is 17.3 Å². The molecule has 0 amide bonds. The molecule has 1 N–H and O–H groups in total. The Hall–Kier alpha value is -4.22. The van der Waals surface area contributed by atoms with Gasteiger partial charge in [0.05, 0.1) is 17.1 Å². The van der Waals surface area contributed by atoms with Gasteiger partial charge in [-0.15, -0.1) is 10.2 Å². The summed E-state index contributed by atoms with van der Waals surface area (Å²) in [7, 11) is 1.65. The van der Waals surface area contributed by atoms with E-state index in [1.165, 1.54) is 4.68 Å². The van der Waals surface area contributed by atoms with E-state index in [1.54, 1.807) is 55.9 Å². The Morgan fingerprint density at radius 2 is 1.59 bits per heavy atom. The number of aryl methyl sites for hydroxylation is 1. The van der Waals surface area contributed by atoms with Gasteiger partial charge in [0.15, 0.2) is 34.6 Å². The summed E-state index contributed by atoms with van der Waals surface area (Å²) in [6.45, 7) is 3.25. The second kappa shape index (κ2) is 8.61. The number of aromatic nitrogens is 4. The average molecular weight is 474 g/mol. The van der Waals surface area contributed by atoms with Gasteiger partial charge in [0, 0.05) is 13.1 Å². The average Bonchev–Trinajstić information content (AvgIpc) is 3.24. The predicted molar refractivity (Wildman–Crippen MR) is 114 cm³/mol. The van der Waals surface area contributed by atoms with E-state index in [9.17, 15) is 27.5 Å². The first-order valence-electron chi connectivity index (χ1n) is 10.1. The van der Waals surface area contributed by atoms with E-state index in [0.717, 1.165) is 0 Å². The fourth-order valence-electron chi connectivity index (χ4n) is 3.46. The van der Waals surface area contributed by atoms with Crippen molar-refractivity contribution in [3.05, 3.63) is 81.4 Å². The molecule has 0 spiro atoms. The van der Waals surface area contributed by atoms with Gasteiger partial charge in [0.25, 0.3) is 5.56 Å². The molecule has 176 valence electrons. The third-order valence-electron chi connectivity index (χ3n) is 5.32. The van der Waals surface area contributed by atoms with Gasteiger partial charge in [-0.05, 0) is 25.5 Å². The molecule has 8 nitrogen and oxygen atoms in total. The van der Waals surface area contributed by atoms with Gasteiger partial charge in [-0.2, -0.15) is 9.78 Å². The van der Waals surface area contributed by atoms with Crippen LogP contribution in [0, 0.1) is 30.2 Å². The molecule has 0 bridgehead atoms. The van der Waals surface area contributed by atoms with Crippen molar-refractivity contribution in [1.29, 1.82) is 0 Å². The van der Waals surface area contributed by atoms with E-state index < -0.39 is 40.4 Å². The van der Waals surface area contributed by atoms with Crippen molar-refractivity contribution in [1.82, 2.24) is 19.1 Å². The van der Waals surface area contributed by atoms with E-state index in [2.05, 4.69) is 15.3 Å². The van der Waals surface area contributed by atoms with Gasteiger partial charge in [0.1, 0.15) is 5.69 Å². The summed E-state index contributed by atoms with van der Waals surface area (Å²) in [5.74, 6) is -7.71. The Morgan fingerprint density at radius 1 is 1.00 bits per heavy atom. The number of hydrogen-bond donors (Lipinski definition) is 1. The Kier molecular flexibility index (Phi) is 5.82. The van der Waals surface area contributed by atoms with Crippen LogP contribution in [0.5, 0.6) is 5.88 Å². The maximum Gasteiger partial charge on any atom is 0.299 e. The Balaban J connectivity index is 1.85. The molecule has 2 aromatic heterocycles. The van der Waals surface area contributed by atoms with Gasteiger partial charge in [-0.1, -0.05) is 25.1 Å². The molecule has 0 aliphatic carbocycles. The molecule has 0 aliphatic heterocycles. The number of hydrogen-bond acceptors (Lipinski definition) is 5. The van der Waals surface area contributed by atoms with Gasteiger partial charge in [-0.3, -0.25) is 9.48 Å². The summed E-state index contributed by atoms with van der Waals surface area (Å²) in [5.41, 5.74) is -1.02. The van der Waals surface area contributed by atoms with Crippen molar-refractivity contribution in [2.45, 2.75) is 20.3 Å². The lowest BCUT2D eigenvalue weighted by Crippen LogP contribution is -2.19. The zero-order valence-electron chi connectivity index (χ0n) is 18.2.